The lowest BCUT2D eigenvalue weighted by Crippen LogP contribution is -2.39. The Morgan fingerprint density at radius 2 is 1.80 bits per heavy atom. The fourth-order valence-corrected chi connectivity index (χ4v) is 2.87. The Kier molecular flexibility index (Phi) is 5.43. The highest BCUT2D eigenvalue weighted by Gasteiger charge is 2.35. The van der Waals surface area contributed by atoms with Crippen LogP contribution in [-0.4, -0.2) is 17.9 Å². The maximum absolute atomic E-state index is 13.7. The Labute approximate surface area is 146 Å². The van der Waals surface area contributed by atoms with Crippen molar-refractivity contribution < 1.29 is 18.4 Å². The molecule has 5 heteroatoms. The molecule has 0 aromatic heterocycles. The van der Waals surface area contributed by atoms with E-state index in [1.54, 1.807) is 0 Å². The fourth-order valence-electron chi connectivity index (χ4n) is 2.87. The molecule has 0 N–H and O–H groups in total. The van der Waals surface area contributed by atoms with Gasteiger partial charge in [-0.15, -0.1) is 0 Å². The summed E-state index contributed by atoms with van der Waals surface area (Å²) in [6, 6.07) is 13.7. The number of ether oxygens (including phenoxy) is 1. The molecule has 1 atom stereocenters. The molecule has 25 heavy (non-hydrogen) atoms. The van der Waals surface area contributed by atoms with Gasteiger partial charge in [0.2, 0.25) is 0 Å². The lowest BCUT2D eigenvalue weighted by molar-refractivity contribution is -0.113. The molecule has 132 valence electrons. The average Bonchev–Trinajstić information content (AvgIpc) is 2.65. The third-order valence-corrected chi connectivity index (χ3v) is 4.59. The number of hydrogen-bond acceptors (Lipinski definition) is 3. The SMILES string of the molecule is CCC1(COCc2c(F)cccc2F)CCC(c2ccccc2)=NO1. The van der Waals surface area contributed by atoms with Crippen LogP contribution in [0.2, 0.25) is 0 Å². The molecule has 0 saturated carbocycles. The van der Waals surface area contributed by atoms with Crippen molar-refractivity contribution in [3.05, 3.63) is 71.3 Å². The van der Waals surface area contributed by atoms with E-state index < -0.39 is 17.2 Å². The van der Waals surface area contributed by atoms with Gasteiger partial charge in [0.25, 0.3) is 0 Å². The zero-order valence-electron chi connectivity index (χ0n) is 14.2. The maximum Gasteiger partial charge on any atom is 0.161 e. The van der Waals surface area contributed by atoms with Crippen molar-refractivity contribution in [2.75, 3.05) is 6.61 Å². The van der Waals surface area contributed by atoms with Gasteiger partial charge in [-0.1, -0.05) is 48.5 Å². The van der Waals surface area contributed by atoms with Crippen LogP contribution in [-0.2, 0) is 16.2 Å². The van der Waals surface area contributed by atoms with E-state index in [-0.39, 0.29) is 18.8 Å². The molecule has 0 saturated heterocycles. The summed E-state index contributed by atoms with van der Waals surface area (Å²) in [6.07, 6.45) is 2.23. The topological polar surface area (TPSA) is 30.8 Å². The van der Waals surface area contributed by atoms with Gasteiger partial charge in [0.15, 0.2) is 5.60 Å². The maximum atomic E-state index is 13.7. The normalized spacial score (nSPS) is 20.0. The Hall–Kier alpha value is -2.27. The third-order valence-electron chi connectivity index (χ3n) is 4.59. The van der Waals surface area contributed by atoms with Crippen LogP contribution in [0.3, 0.4) is 0 Å². The molecule has 3 rings (SSSR count). The van der Waals surface area contributed by atoms with Crippen LogP contribution < -0.4 is 0 Å². The van der Waals surface area contributed by atoms with Crippen molar-refractivity contribution in [1.29, 1.82) is 0 Å². The van der Waals surface area contributed by atoms with E-state index in [9.17, 15) is 8.78 Å². The van der Waals surface area contributed by atoms with E-state index in [2.05, 4.69) is 5.16 Å². The minimum absolute atomic E-state index is 0.0574. The van der Waals surface area contributed by atoms with Gasteiger partial charge in [-0.25, -0.2) is 8.78 Å². The molecule has 0 bridgehead atoms. The third kappa shape index (κ3) is 4.04. The predicted octanol–water partition coefficient (Wildman–Crippen LogP) is 4.84. The molecule has 0 spiro atoms. The van der Waals surface area contributed by atoms with Crippen molar-refractivity contribution in [3.63, 3.8) is 0 Å². The van der Waals surface area contributed by atoms with Gasteiger partial charge in [0.05, 0.1) is 18.9 Å². The van der Waals surface area contributed by atoms with Gasteiger partial charge in [-0.05, 0) is 37.0 Å². The van der Waals surface area contributed by atoms with Crippen LogP contribution in [0.15, 0.2) is 53.7 Å². The number of hydrogen-bond donors (Lipinski definition) is 0. The molecule has 0 aliphatic carbocycles. The molecule has 1 aliphatic rings. The standard InChI is InChI=1S/C20H21F2NO2/c1-2-20(14-24-13-16-17(21)9-6-10-18(16)22)12-11-19(23-25-20)15-7-4-3-5-8-15/h3-10H,2,11-14H2,1H3. The van der Waals surface area contributed by atoms with Gasteiger partial charge < -0.3 is 9.57 Å². The molecular formula is C20H21F2NO2. The van der Waals surface area contributed by atoms with Crippen molar-refractivity contribution >= 4 is 5.71 Å². The van der Waals surface area contributed by atoms with Crippen molar-refractivity contribution in [2.45, 2.75) is 38.4 Å². The summed E-state index contributed by atoms with van der Waals surface area (Å²) >= 11 is 0. The molecular weight excluding hydrogens is 324 g/mol. The molecule has 1 aliphatic heterocycles. The van der Waals surface area contributed by atoms with E-state index in [0.29, 0.717) is 6.42 Å². The van der Waals surface area contributed by atoms with E-state index in [4.69, 9.17) is 9.57 Å². The van der Waals surface area contributed by atoms with Gasteiger partial charge in [-0.2, -0.15) is 0 Å². The second kappa shape index (κ2) is 7.74. The first kappa shape index (κ1) is 17.5. The molecule has 1 unspecified atom stereocenters. The Morgan fingerprint density at radius 3 is 2.40 bits per heavy atom. The number of nitrogens with zero attached hydrogens (tertiary/aromatic N) is 1. The highest BCUT2D eigenvalue weighted by molar-refractivity contribution is 6.00. The first-order chi connectivity index (χ1) is 12.1. The number of halogens is 2. The molecule has 0 radical (unpaired) electrons. The highest BCUT2D eigenvalue weighted by atomic mass is 19.1. The zero-order valence-corrected chi connectivity index (χ0v) is 14.2. The van der Waals surface area contributed by atoms with Crippen LogP contribution >= 0.6 is 0 Å². The first-order valence-corrected chi connectivity index (χ1v) is 8.45. The molecule has 0 fully saturated rings. The number of rotatable bonds is 6. The average molecular weight is 345 g/mol. The summed E-state index contributed by atoms with van der Waals surface area (Å²) in [4.78, 5) is 5.76. The van der Waals surface area contributed by atoms with Gasteiger partial charge in [0, 0.05) is 5.56 Å². The minimum atomic E-state index is -0.598. The van der Waals surface area contributed by atoms with Crippen LogP contribution in [0, 0.1) is 11.6 Å². The lowest BCUT2D eigenvalue weighted by Gasteiger charge is -2.33. The monoisotopic (exact) mass is 345 g/mol. The summed E-state index contributed by atoms with van der Waals surface area (Å²) in [6.45, 7) is 2.11. The van der Waals surface area contributed by atoms with Crippen molar-refractivity contribution in [3.8, 4) is 0 Å². The highest BCUT2D eigenvalue weighted by Crippen LogP contribution is 2.30. The summed E-state index contributed by atoms with van der Waals surface area (Å²) in [5.41, 5.74) is 1.34. The Morgan fingerprint density at radius 1 is 1.08 bits per heavy atom. The molecule has 1 heterocycles. The first-order valence-electron chi connectivity index (χ1n) is 8.45. The van der Waals surface area contributed by atoms with Crippen molar-refractivity contribution in [1.82, 2.24) is 0 Å². The Balaban J connectivity index is 1.62. The van der Waals surface area contributed by atoms with E-state index in [1.165, 1.54) is 18.2 Å². The van der Waals surface area contributed by atoms with E-state index >= 15 is 0 Å². The largest absolute Gasteiger partial charge is 0.386 e. The van der Waals surface area contributed by atoms with Crippen LogP contribution in [0.4, 0.5) is 8.78 Å². The van der Waals surface area contributed by atoms with Crippen LogP contribution in [0.1, 0.15) is 37.3 Å². The molecule has 2 aromatic carbocycles. The summed E-state index contributed by atoms with van der Waals surface area (Å²) < 4.78 is 32.9. The predicted molar refractivity (Wildman–Crippen MR) is 92.3 cm³/mol. The van der Waals surface area contributed by atoms with E-state index in [0.717, 1.165) is 24.1 Å². The summed E-state index contributed by atoms with van der Waals surface area (Å²) in [5.74, 6) is -1.20. The van der Waals surface area contributed by atoms with Crippen LogP contribution in [0.5, 0.6) is 0 Å². The Bertz CT molecular complexity index is 728. The zero-order chi connectivity index (χ0) is 17.7. The second-order valence-electron chi connectivity index (χ2n) is 6.22. The second-order valence-corrected chi connectivity index (χ2v) is 6.22. The van der Waals surface area contributed by atoms with E-state index in [1.807, 2.05) is 37.3 Å². The van der Waals surface area contributed by atoms with Gasteiger partial charge in [-0.3, -0.25) is 0 Å². The molecule has 3 nitrogen and oxygen atoms in total. The quantitative estimate of drug-likeness (QED) is 0.750. The molecule has 0 amide bonds. The van der Waals surface area contributed by atoms with Crippen molar-refractivity contribution in [2.24, 2.45) is 5.16 Å². The van der Waals surface area contributed by atoms with Gasteiger partial charge >= 0.3 is 0 Å². The number of benzene rings is 2. The molecule has 2 aromatic rings. The number of oxime groups is 1. The van der Waals surface area contributed by atoms with Crippen LogP contribution in [0.25, 0.3) is 0 Å². The summed E-state index contributed by atoms with van der Waals surface area (Å²) in [7, 11) is 0. The summed E-state index contributed by atoms with van der Waals surface area (Å²) in [5, 5.41) is 4.27. The minimum Gasteiger partial charge on any atom is -0.386 e. The smallest absolute Gasteiger partial charge is 0.161 e. The van der Waals surface area contributed by atoms with Gasteiger partial charge in [0.1, 0.15) is 11.6 Å². The lowest BCUT2D eigenvalue weighted by atomic mass is 9.91. The fraction of sp³-hybridized carbons (Fsp3) is 0.350.